The minimum Gasteiger partial charge on any atom is -0.334 e. The van der Waals surface area contributed by atoms with Gasteiger partial charge in [0.05, 0.1) is 21.8 Å². The molecule has 0 saturated heterocycles. The van der Waals surface area contributed by atoms with E-state index in [4.69, 9.17) is 16.1 Å². The van der Waals surface area contributed by atoms with E-state index in [0.29, 0.717) is 27.9 Å². The Kier molecular flexibility index (Phi) is 4.38. The molecule has 0 saturated carbocycles. The second kappa shape index (κ2) is 7.06. The molecule has 0 radical (unpaired) electrons. The van der Waals surface area contributed by atoms with Crippen LogP contribution < -0.4 is 4.90 Å². The highest BCUT2D eigenvalue weighted by Gasteiger charge is 2.25. The minimum absolute atomic E-state index is 0.0276. The van der Waals surface area contributed by atoms with Gasteiger partial charge in [-0.05, 0) is 42.5 Å². The van der Waals surface area contributed by atoms with Crippen molar-refractivity contribution in [2.45, 2.75) is 9.79 Å². The van der Waals surface area contributed by atoms with Gasteiger partial charge in [0.15, 0.2) is 0 Å². The van der Waals surface area contributed by atoms with Crippen LogP contribution in [0.3, 0.4) is 0 Å². The number of rotatable bonds is 2. The predicted octanol–water partition coefficient (Wildman–Crippen LogP) is 5.80. The van der Waals surface area contributed by atoms with Crippen LogP contribution in [0.2, 0.25) is 5.02 Å². The Labute approximate surface area is 176 Å². The molecule has 1 aromatic heterocycles. The third-order valence-corrected chi connectivity index (χ3v) is 6.20. The quantitative estimate of drug-likeness (QED) is 0.411. The summed E-state index contributed by atoms with van der Waals surface area (Å²) in [5.41, 5.74) is 3.03. The lowest BCUT2D eigenvalue weighted by molar-refractivity contribution is 0.0990. The molecule has 0 aliphatic carbocycles. The maximum Gasteiger partial charge on any atom is 0.259 e. The van der Waals surface area contributed by atoms with E-state index in [2.05, 4.69) is 10.1 Å². The van der Waals surface area contributed by atoms with Crippen LogP contribution in [-0.4, -0.2) is 23.1 Å². The summed E-state index contributed by atoms with van der Waals surface area (Å²) < 4.78 is 5.43. The number of halogens is 1. The van der Waals surface area contributed by atoms with E-state index in [-0.39, 0.29) is 5.91 Å². The molecule has 0 N–H and O–H groups in total. The monoisotopic (exact) mass is 419 g/mol. The van der Waals surface area contributed by atoms with Crippen LogP contribution in [0.25, 0.3) is 22.8 Å². The topological polar surface area (TPSA) is 59.2 Å². The van der Waals surface area contributed by atoms with E-state index in [0.717, 1.165) is 21.0 Å². The average molecular weight is 420 g/mol. The lowest BCUT2D eigenvalue weighted by Crippen LogP contribution is -2.25. The van der Waals surface area contributed by atoms with Gasteiger partial charge in [0, 0.05) is 22.4 Å². The number of carbonyl (C=O) groups excluding carboxylic acids is 1. The number of hydrogen-bond acceptors (Lipinski definition) is 5. The summed E-state index contributed by atoms with van der Waals surface area (Å²) >= 11 is 7.79. The molecule has 0 spiro atoms. The van der Waals surface area contributed by atoms with Crippen molar-refractivity contribution in [1.29, 1.82) is 0 Å². The Balaban J connectivity index is 1.57. The highest BCUT2D eigenvalue weighted by Crippen LogP contribution is 2.42. The Morgan fingerprint density at radius 3 is 2.55 bits per heavy atom. The molecule has 0 unspecified atom stereocenters. The summed E-state index contributed by atoms with van der Waals surface area (Å²) in [6, 6.07) is 20.7. The average Bonchev–Trinajstić information content (AvgIpc) is 3.20. The summed E-state index contributed by atoms with van der Waals surface area (Å²) in [6.07, 6.45) is 0. The number of fused-ring (bicyclic) bond motifs is 2. The zero-order valence-corrected chi connectivity index (χ0v) is 16.9. The van der Waals surface area contributed by atoms with Crippen LogP contribution in [0.4, 0.5) is 5.69 Å². The summed E-state index contributed by atoms with van der Waals surface area (Å²) in [5, 5.41) is 4.67. The van der Waals surface area contributed by atoms with Gasteiger partial charge in [0.1, 0.15) is 0 Å². The van der Waals surface area contributed by atoms with Gasteiger partial charge in [-0.15, -0.1) is 0 Å². The second-order valence-corrected chi connectivity index (χ2v) is 8.04. The van der Waals surface area contributed by atoms with Crippen molar-refractivity contribution in [3.8, 4) is 22.8 Å². The largest absolute Gasteiger partial charge is 0.334 e. The van der Waals surface area contributed by atoms with E-state index >= 15 is 0 Å². The summed E-state index contributed by atoms with van der Waals surface area (Å²) in [4.78, 5) is 20.9. The number of hydrogen-bond donors (Lipinski definition) is 0. The maximum atomic E-state index is 12.8. The molecule has 5 nitrogen and oxygen atoms in total. The molecule has 4 aromatic rings. The molecule has 0 bridgehead atoms. The molecule has 1 aliphatic rings. The van der Waals surface area contributed by atoms with E-state index in [1.165, 1.54) is 0 Å². The summed E-state index contributed by atoms with van der Waals surface area (Å²) in [5.74, 6) is 0.806. The molecular formula is C22H14ClN3O2S. The smallest absolute Gasteiger partial charge is 0.259 e. The van der Waals surface area contributed by atoms with Crippen molar-refractivity contribution in [1.82, 2.24) is 10.1 Å². The van der Waals surface area contributed by atoms with Crippen molar-refractivity contribution >= 4 is 35.0 Å². The fourth-order valence-corrected chi connectivity index (χ4v) is 4.60. The van der Waals surface area contributed by atoms with Gasteiger partial charge in [0.25, 0.3) is 11.8 Å². The first kappa shape index (κ1) is 18.0. The van der Waals surface area contributed by atoms with E-state index in [1.807, 2.05) is 60.7 Å². The minimum atomic E-state index is -0.0276. The number of benzene rings is 3. The third kappa shape index (κ3) is 3.10. The first-order valence-corrected chi connectivity index (χ1v) is 10.1. The highest BCUT2D eigenvalue weighted by atomic mass is 35.5. The van der Waals surface area contributed by atoms with Gasteiger partial charge >= 0.3 is 0 Å². The number of aromatic nitrogens is 2. The molecular weight excluding hydrogens is 406 g/mol. The Morgan fingerprint density at radius 1 is 0.966 bits per heavy atom. The fraction of sp³-hybridized carbons (Fsp3) is 0.0455. The van der Waals surface area contributed by atoms with Crippen molar-refractivity contribution in [3.63, 3.8) is 0 Å². The molecule has 29 heavy (non-hydrogen) atoms. The van der Waals surface area contributed by atoms with Gasteiger partial charge < -0.3 is 9.42 Å². The Bertz CT molecular complexity index is 1250. The van der Waals surface area contributed by atoms with E-state index in [1.54, 1.807) is 29.8 Å². The lowest BCUT2D eigenvalue weighted by Gasteiger charge is -2.17. The van der Waals surface area contributed by atoms with Crippen LogP contribution in [0.5, 0.6) is 0 Å². The maximum absolute atomic E-state index is 12.8. The van der Waals surface area contributed by atoms with Gasteiger partial charge in [-0.25, -0.2) is 0 Å². The summed E-state index contributed by atoms with van der Waals surface area (Å²) in [6.45, 7) is 0. The Morgan fingerprint density at radius 2 is 1.72 bits per heavy atom. The van der Waals surface area contributed by atoms with Crippen molar-refractivity contribution in [3.05, 3.63) is 77.3 Å². The molecule has 1 aliphatic heterocycles. The van der Waals surface area contributed by atoms with Gasteiger partial charge in [-0.3, -0.25) is 4.79 Å². The molecule has 0 atom stereocenters. The zero-order chi connectivity index (χ0) is 20.0. The van der Waals surface area contributed by atoms with Gasteiger partial charge in [-0.2, -0.15) is 4.98 Å². The van der Waals surface area contributed by atoms with E-state index < -0.39 is 0 Å². The molecule has 0 fully saturated rings. The number of carbonyl (C=O) groups is 1. The van der Waals surface area contributed by atoms with Crippen LogP contribution in [0.15, 0.2) is 81.0 Å². The van der Waals surface area contributed by atoms with Crippen LogP contribution >= 0.6 is 23.4 Å². The lowest BCUT2D eigenvalue weighted by atomic mass is 10.1. The SMILES string of the molecule is CN1C(=O)c2ccccc2Sc2cc(-c3noc(-c4ccccc4Cl)n3)ccc21. The predicted molar refractivity (Wildman–Crippen MR) is 113 cm³/mol. The second-order valence-electron chi connectivity index (χ2n) is 6.55. The Hall–Kier alpha value is -3.09. The standard InChI is InChI=1S/C22H14ClN3O2S/c1-26-17-11-10-13(12-19(17)29-18-9-5-3-7-15(18)22(26)27)20-24-21(28-25-20)14-6-2-4-8-16(14)23/h2-12H,1H3. The first-order valence-electron chi connectivity index (χ1n) is 8.90. The van der Waals surface area contributed by atoms with E-state index in [9.17, 15) is 4.79 Å². The normalized spacial score (nSPS) is 13.0. The molecule has 142 valence electrons. The molecule has 7 heteroatoms. The zero-order valence-electron chi connectivity index (χ0n) is 15.3. The number of anilines is 1. The molecule has 3 aromatic carbocycles. The van der Waals surface area contributed by atoms with Crippen LogP contribution in [0.1, 0.15) is 10.4 Å². The van der Waals surface area contributed by atoms with Crippen molar-refractivity contribution < 1.29 is 9.32 Å². The van der Waals surface area contributed by atoms with Crippen LogP contribution in [0, 0.1) is 0 Å². The number of nitrogens with zero attached hydrogens (tertiary/aromatic N) is 3. The number of amides is 1. The molecule has 1 amide bonds. The fourth-order valence-electron chi connectivity index (χ4n) is 3.24. The van der Waals surface area contributed by atoms with Gasteiger partial charge in [0.2, 0.25) is 5.82 Å². The van der Waals surface area contributed by atoms with Gasteiger partial charge in [-0.1, -0.05) is 52.8 Å². The van der Waals surface area contributed by atoms with Crippen molar-refractivity contribution in [2.75, 3.05) is 11.9 Å². The molecule has 2 heterocycles. The van der Waals surface area contributed by atoms with Crippen molar-refractivity contribution in [2.24, 2.45) is 0 Å². The molecule has 5 rings (SSSR count). The van der Waals surface area contributed by atoms with Crippen LogP contribution in [-0.2, 0) is 0 Å². The third-order valence-electron chi connectivity index (χ3n) is 4.75. The summed E-state index contributed by atoms with van der Waals surface area (Å²) in [7, 11) is 1.79. The highest BCUT2D eigenvalue weighted by molar-refractivity contribution is 7.99. The first-order chi connectivity index (χ1) is 14.1.